The third-order valence-electron chi connectivity index (χ3n) is 7.50. The van der Waals surface area contributed by atoms with Gasteiger partial charge in [0.05, 0.1) is 27.3 Å². The Morgan fingerprint density at radius 1 is 1.02 bits per heavy atom. The van der Waals surface area contributed by atoms with Crippen molar-refractivity contribution in [3.63, 3.8) is 0 Å². The van der Waals surface area contributed by atoms with Gasteiger partial charge in [0.25, 0.3) is 5.91 Å². The zero-order valence-corrected chi connectivity index (χ0v) is 23.3. The smallest absolute Gasteiger partial charge is 0.260 e. The largest absolute Gasteiger partial charge is 0.369 e. The van der Waals surface area contributed by atoms with Crippen molar-refractivity contribution in [1.82, 2.24) is 19.4 Å². The summed E-state index contributed by atoms with van der Waals surface area (Å²) in [7, 11) is -2.44. The number of aromatic nitrogens is 2. The average Bonchev–Trinajstić information content (AvgIpc) is 3.41. The maximum atomic E-state index is 15.4. The van der Waals surface area contributed by atoms with Crippen LogP contribution in [0.2, 0.25) is 0 Å². The molecule has 5 rings (SSSR count). The molecule has 41 heavy (non-hydrogen) atoms. The van der Waals surface area contributed by atoms with E-state index in [0.717, 1.165) is 23.5 Å². The summed E-state index contributed by atoms with van der Waals surface area (Å²) in [6.45, 7) is 5.44. The van der Waals surface area contributed by atoms with Gasteiger partial charge in [-0.25, -0.2) is 21.6 Å². The van der Waals surface area contributed by atoms with Gasteiger partial charge in [0, 0.05) is 50.0 Å². The van der Waals surface area contributed by atoms with Gasteiger partial charge in [-0.05, 0) is 45.2 Å². The lowest BCUT2D eigenvalue weighted by Gasteiger charge is -2.34. The van der Waals surface area contributed by atoms with Crippen molar-refractivity contribution in [2.24, 2.45) is 5.73 Å². The zero-order chi connectivity index (χ0) is 29.9. The molecule has 1 aromatic heterocycles. The summed E-state index contributed by atoms with van der Waals surface area (Å²) >= 11 is 0. The third-order valence-corrected chi connectivity index (χ3v) is 9.49. The van der Waals surface area contributed by atoms with E-state index in [9.17, 15) is 26.8 Å². The number of nitrogens with two attached hydrogens (primary N) is 1. The number of rotatable bonds is 6. The van der Waals surface area contributed by atoms with Gasteiger partial charge in [0.15, 0.2) is 5.82 Å². The Bertz CT molecular complexity index is 1650. The average molecular weight is 592 g/mol. The van der Waals surface area contributed by atoms with Gasteiger partial charge in [-0.3, -0.25) is 14.7 Å². The van der Waals surface area contributed by atoms with Crippen LogP contribution >= 0.6 is 0 Å². The minimum atomic E-state index is -4.41. The SMILES string of the molecule is CN1CCN(c2cc(F)c(C(=O)Nc3n[nH]c4c3CN(S(=O)(=O)c3cc(F)cc(F)c3)C4(C)C)c(C(N)=O)c2)CC1. The third kappa shape index (κ3) is 5.04. The predicted octanol–water partition coefficient (Wildman–Crippen LogP) is 2.37. The van der Waals surface area contributed by atoms with Gasteiger partial charge >= 0.3 is 0 Å². The molecule has 0 spiro atoms. The van der Waals surface area contributed by atoms with E-state index < -0.39 is 55.3 Å². The molecule has 3 heterocycles. The maximum absolute atomic E-state index is 15.4. The monoisotopic (exact) mass is 591 g/mol. The highest BCUT2D eigenvalue weighted by Gasteiger charge is 2.48. The Labute approximate surface area is 234 Å². The minimum Gasteiger partial charge on any atom is -0.369 e. The molecule has 1 saturated heterocycles. The number of carbonyl (C=O) groups excluding carboxylic acids is 2. The predicted molar refractivity (Wildman–Crippen MR) is 143 cm³/mol. The van der Waals surface area contributed by atoms with Crippen LogP contribution in [0.25, 0.3) is 0 Å². The van der Waals surface area contributed by atoms with E-state index in [1.54, 1.807) is 13.8 Å². The Balaban J connectivity index is 1.45. The molecule has 0 atom stereocenters. The molecule has 1 fully saturated rings. The molecular formula is C26H28F3N7O4S. The Kier molecular flexibility index (Phi) is 7.07. The summed E-state index contributed by atoms with van der Waals surface area (Å²) in [5, 5.41) is 9.23. The second-order valence-electron chi connectivity index (χ2n) is 10.6. The number of fused-ring (bicyclic) bond motifs is 1. The van der Waals surface area contributed by atoms with Crippen LogP contribution in [-0.2, 0) is 22.1 Å². The number of hydrogen-bond donors (Lipinski definition) is 3. The first kappa shape index (κ1) is 28.6. The number of anilines is 2. The van der Waals surface area contributed by atoms with Crippen molar-refractivity contribution < 1.29 is 31.2 Å². The molecule has 0 radical (unpaired) electrons. The zero-order valence-electron chi connectivity index (χ0n) is 22.5. The number of nitrogens with one attached hydrogen (secondary N) is 2. The lowest BCUT2D eigenvalue weighted by Crippen LogP contribution is -2.44. The van der Waals surface area contributed by atoms with E-state index in [4.69, 9.17) is 5.73 Å². The van der Waals surface area contributed by atoms with Crippen LogP contribution in [0.3, 0.4) is 0 Å². The van der Waals surface area contributed by atoms with Crippen molar-refractivity contribution in [1.29, 1.82) is 0 Å². The number of aromatic amines is 1. The molecule has 2 amide bonds. The molecule has 0 saturated carbocycles. The summed E-state index contributed by atoms with van der Waals surface area (Å²) in [5.41, 5.74) is 4.35. The lowest BCUT2D eigenvalue weighted by atomic mass is 10.0. The number of likely N-dealkylation sites (N-methyl/N-ethyl adjacent to an activating group) is 1. The normalized spacial score (nSPS) is 17.5. The molecule has 2 aromatic carbocycles. The van der Waals surface area contributed by atoms with Crippen molar-refractivity contribution in [3.05, 3.63) is 70.2 Å². The first-order chi connectivity index (χ1) is 19.2. The van der Waals surface area contributed by atoms with Crippen LogP contribution in [0.4, 0.5) is 24.7 Å². The number of amides is 2. The van der Waals surface area contributed by atoms with Gasteiger partial charge in [-0.1, -0.05) is 0 Å². The molecule has 0 unspecified atom stereocenters. The summed E-state index contributed by atoms with van der Waals surface area (Å²) in [6.07, 6.45) is 0. The number of piperazine rings is 1. The maximum Gasteiger partial charge on any atom is 0.260 e. The quantitative estimate of drug-likeness (QED) is 0.399. The first-order valence-corrected chi connectivity index (χ1v) is 14.1. The fourth-order valence-electron chi connectivity index (χ4n) is 5.22. The number of H-pyrrole nitrogens is 1. The number of nitrogens with zero attached hydrogens (tertiary/aromatic N) is 4. The molecule has 4 N–H and O–H groups in total. The molecule has 0 aliphatic carbocycles. The fraction of sp³-hybridized carbons (Fsp3) is 0.346. The Morgan fingerprint density at radius 2 is 1.66 bits per heavy atom. The van der Waals surface area contributed by atoms with Crippen molar-refractivity contribution in [2.45, 2.75) is 30.8 Å². The van der Waals surface area contributed by atoms with Crippen molar-refractivity contribution in [3.8, 4) is 0 Å². The highest BCUT2D eigenvalue weighted by molar-refractivity contribution is 7.89. The summed E-state index contributed by atoms with van der Waals surface area (Å²) in [4.78, 5) is 29.0. The summed E-state index contributed by atoms with van der Waals surface area (Å²) in [6, 6.07) is 4.52. The van der Waals surface area contributed by atoms with Crippen molar-refractivity contribution in [2.75, 3.05) is 43.4 Å². The molecule has 2 aliphatic rings. The van der Waals surface area contributed by atoms with Crippen LogP contribution in [0.1, 0.15) is 45.8 Å². The number of benzene rings is 2. The highest BCUT2D eigenvalue weighted by Crippen LogP contribution is 2.44. The van der Waals surface area contributed by atoms with E-state index in [1.165, 1.54) is 6.07 Å². The van der Waals surface area contributed by atoms with Crippen LogP contribution in [0, 0.1) is 17.5 Å². The second-order valence-corrected chi connectivity index (χ2v) is 12.4. The van der Waals surface area contributed by atoms with Crippen molar-refractivity contribution >= 4 is 33.3 Å². The Morgan fingerprint density at radius 3 is 2.27 bits per heavy atom. The number of primary amides is 1. The molecule has 11 nitrogen and oxygen atoms in total. The van der Waals surface area contributed by atoms with E-state index in [0.29, 0.717) is 42.7 Å². The van der Waals surface area contributed by atoms with Crippen LogP contribution < -0.4 is 16.0 Å². The first-order valence-electron chi connectivity index (χ1n) is 12.6. The highest BCUT2D eigenvalue weighted by atomic mass is 32.2. The van der Waals surface area contributed by atoms with E-state index >= 15 is 4.39 Å². The van der Waals surface area contributed by atoms with Gasteiger partial charge in [-0.2, -0.15) is 9.40 Å². The molecule has 2 aliphatic heterocycles. The molecular weight excluding hydrogens is 563 g/mol. The number of carbonyl (C=O) groups is 2. The number of sulfonamides is 1. The molecule has 218 valence electrons. The minimum absolute atomic E-state index is 0.0980. The van der Waals surface area contributed by atoms with Gasteiger partial charge < -0.3 is 20.9 Å². The van der Waals surface area contributed by atoms with Gasteiger partial charge in [-0.15, -0.1) is 0 Å². The Hall–Kier alpha value is -3.95. The lowest BCUT2D eigenvalue weighted by molar-refractivity contribution is 0.0974. The van der Waals surface area contributed by atoms with Crippen LogP contribution in [0.15, 0.2) is 35.2 Å². The number of halogens is 3. The topological polar surface area (TPSA) is 145 Å². The van der Waals surface area contributed by atoms with Gasteiger partial charge in [0.1, 0.15) is 17.5 Å². The number of hydrogen-bond acceptors (Lipinski definition) is 7. The van der Waals surface area contributed by atoms with E-state index in [-0.39, 0.29) is 23.5 Å². The molecule has 0 bridgehead atoms. The van der Waals surface area contributed by atoms with Crippen LogP contribution in [0.5, 0.6) is 0 Å². The molecule has 3 aromatic rings. The summed E-state index contributed by atoms with van der Waals surface area (Å²) in [5.74, 6) is -5.18. The molecule has 15 heteroatoms. The second kappa shape index (κ2) is 10.2. The van der Waals surface area contributed by atoms with Gasteiger partial charge in [0.2, 0.25) is 15.9 Å². The summed E-state index contributed by atoms with van der Waals surface area (Å²) < 4.78 is 70.8. The van der Waals surface area contributed by atoms with E-state index in [1.807, 2.05) is 11.9 Å². The fourth-order valence-corrected chi connectivity index (χ4v) is 6.99. The van der Waals surface area contributed by atoms with Crippen LogP contribution in [-0.4, -0.2) is 72.9 Å². The van der Waals surface area contributed by atoms with E-state index in [2.05, 4.69) is 20.4 Å². The standard InChI is InChI=1S/C26H28F3N7O4S/c1-26(2)22-19(13-36(26)41(39,40)17-9-14(27)8-15(28)10-17)24(33-32-22)31-25(38)21-18(23(30)37)11-16(12-20(21)29)35-6-4-34(3)5-7-35/h8-12H,4-7,13H2,1-3H3,(H2,30,37)(H2,31,32,33,38).